The lowest BCUT2D eigenvalue weighted by Crippen LogP contribution is -2.37. The lowest BCUT2D eigenvalue weighted by atomic mass is 10.3. The van der Waals surface area contributed by atoms with Gasteiger partial charge in [0.1, 0.15) is 12.4 Å². The summed E-state index contributed by atoms with van der Waals surface area (Å²) in [5.74, 6) is 0.346. The Bertz CT molecular complexity index is 504. The minimum absolute atomic E-state index is 0.0761. The first kappa shape index (κ1) is 18.8. The predicted molar refractivity (Wildman–Crippen MR) is 90.8 cm³/mol. The van der Waals surface area contributed by atoms with Crippen LogP contribution in [0.1, 0.15) is 13.8 Å². The number of rotatable bonds is 9. The van der Waals surface area contributed by atoms with Gasteiger partial charge < -0.3 is 25.6 Å². The Morgan fingerprint density at radius 2 is 1.87 bits per heavy atom. The summed E-state index contributed by atoms with van der Waals surface area (Å²) in [7, 11) is 1.51. The number of hydrogen-bond donors (Lipinski definition) is 3. The van der Waals surface area contributed by atoms with E-state index in [1.807, 2.05) is 12.1 Å². The zero-order valence-corrected chi connectivity index (χ0v) is 14.0. The van der Waals surface area contributed by atoms with Crippen molar-refractivity contribution in [1.82, 2.24) is 15.5 Å². The van der Waals surface area contributed by atoms with Gasteiger partial charge in [-0.2, -0.15) is 0 Å². The summed E-state index contributed by atoms with van der Waals surface area (Å²) in [6.45, 7) is 7.45. The van der Waals surface area contributed by atoms with Gasteiger partial charge in [-0.15, -0.1) is 0 Å². The van der Waals surface area contributed by atoms with Crippen LogP contribution in [0.15, 0.2) is 24.3 Å². The highest BCUT2D eigenvalue weighted by Gasteiger charge is 2.09. The van der Waals surface area contributed by atoms with Crippen LogP contribution in [0.3, 0.4) is 0 Å². The molecule has 7 heteroatoms. The van der Waals surface area contributed by atoms with Gasteiger partial charge in [-0.25, -0.2) is 4.79 Å². The average Bonchev–Trinajstić information content (AvgIpc) is 2.58. The Hall–Kier alpha value is -2.28. The van der Waals surface area contributed by atoms with E-state index in [-0.39, 0.29) is 12.5 Å². The van der Waals surface area contributed by atoms with Gasteiger partial charge in [0.25, 0.3) is 0 Å². The van der Waals surface area contributed by atoms with E-state index >= 15 is 0 Å². The van der Waals surface area contributed by atoms with Crippen LogP contribution in [0.4, 0.5) is 10.5 Å². The molecule has 0 saturated carbocycles. The van der Waals surface area contributed by atoms with E-state index in [2.05, 4.69) is 34.7 Å². The number of ether oxygens (including phenoxy) is 1. The van der Waals surface area contributed by atoms with Gasteiger partial charge in [0.2, 0.25) is 5.91 Å². The largest absolute Gasteiger partial charge is 0.490 e. The van der Waals surface area contributed by atoms with Gasteiger partial charge >= 0.3 is 6.03 Å². The Kier molecular flexibility index (Phi) is 8.52. The molecule has 0 fully saturated rings. The SMILES string of the molecule is CCN(CC)CCOc1ccccc1NC(=O)NCC(=O)NC. The number of anilines is 1. The van der Waals surface area contributed by atoms with Crippen LogP contribution < -0.4 is 20.7 Å². The first-order valence-electron chi connectivity index (χ1n) is 7.80. The molecule has 7 nitrogen and oxygen atoms in total. The number of nitrogens with one attached hydrogen (secondary N) is 3. The second kappa shape index (κ2) is 10.4. The summed E-state index contributed by atoms with van der Waals surface area (Å²) in [4.78, 5) is 25.2. The third-order valence-corrected chi connectivity index (χ3v) is 3.38. The van der Waals surface area contributed by atoms with Crippen molar-refractivity contribution in [1.29, 1.82) is 0 Å². The Labute approximate surface area is 137 Å². The fraction of sp³-hybridized carbons (Fsp3) is 0.500. The van der Waals surface area contributed by atoms with E-state index in [0.29, 0.717) is 18.0 Å². The number of hydrogen-bond acceptors (Lipinski definition) is 4. The number of urea groups is 1. The number of amides is 3. The molecule has 1 aromatic carbocycles. The highest BCUT2D eigenvalue weighted by molar-refractivity contribution is 5.93. The third-order valence-electron chi connectivity index (χ3n) is 3.38. The van der Waals surface area contributed by atoms with Crippen LogP contribution in [-0.2, 0) is 4.79 Å². The smallest absolute Gasteiger partial charge is 0.319 e. The molecule has 1 aromatic rings. The van der Waals surface area contributed by atoms with Crippen LogP contribution in [0.25, 0.3) is 0 Å². The topological polar surface area (TPSA) is 82.7 Å². The van der Waals surface area contributed by atoms with Gasteiger partial charge in [0, 0.05) is 13.6 Å². The number of carbonyl (C=O) groups excluding carboxylic acids is 2. The molecular weight excluding hydrogens is 296 g/mol. The highest BCUT2D eigenvalue weighted by atomic mass is 16.5. The maximum atomic E-state index is 11.8. The first-order chi connectivity index (χ1) is 11.1. The molecule has 0 saturated heterocycles. The summed E-state index contributed by atoms with van der Waals surface area (Å²) < 4.78 is 5.76. The molecule has 128 valence electrons. The van der Waals surface area contributed by atoms with Gasteiger partial charge in [0.15, 0.2) is 0 Å². The Morgan fingerprint density at radius 1 is 1.17 bits per heavy atom. The van der Waals surface area contributed by atoms with Crippen molar-refractivity contribution >= 4 is 17.6 Å². The molecule has 23 heavy (non-hydrogen) atoms. The molecule has 0 aliphatic heterocycles. The van der Waals surface area contributed by atoms with Crippen LogP contribution in [0.5, 0.6) is 5.75 Å². The molecule has 0 heterocycles. The van der Waals surface area contributed by atoms with E-state index in [4.69, 9.17) is 4.74 Å². The predicted octanol–water partition coefficient (Wildman–Crippen LogP) is 1.27. The lowest BCUT2D eigenvalue weighted by molar-refractivity contribution is -0.119. The molecule has 0 aliphatic rings. The van der Waals surface area contributed by atoms with Crippen molar-refractivity contribution in [3.63, 3.8) is 0 Å². The van der Waals surface area contributed by atoms with Crippen molar-refractivity contribution in [2.24, 2.45) is 0 Å². The average molecular weight is 322 g/mol. The minimum atomic E-state index is -0.451. The maximum absolute atomic E-state index is 11.8. The van der Waals surface area contributed by atoms with E-state index in [9.17, 15) is 9.59 Å². The highest BCUT2D eigenvalue weighted by Crippen LogP contribution is 2.23. The van der Waals surface area contributed by atoms with Crippen molar-refractivity contribution in [3.8, 4) is 5.75 Å². The van der Waals surface area contributed by atoms with Crippen molar-refractivity contribution in [2.45, 2.75) is 13.8 Å². The summed E-state index contributed by atoms with van der Waals surface area (Å²) in [6, 6.07) is 6.77. The second-order valence-electron chi connectivity index (χ2n) is 4.85. The maximum Gasteiger partial charge on any atom is 0.319 e. The van der Waals surface area contributed by atoms with Gasteiger partial charge in [-0.1, -0.05) is 26.0 Å². The zero-order chi connectivity index (χ0) is 17.1. The summed E-state index contributed by atoms with van der Waals surface area (Å²) in [5, 5.41) is 7.60. The lowest BCUT2D eigenvalue weighted by Gasteiger charge is -2.19. The Morgan fingerprint density at radius 3 is 2.52 bits per heavy atom. The van der Waals surface area contributed by atoms with Gasteiger partial charge in [-0.05, 0) is 25.2 Å². The fourth-order valence-corrected chi connectivity index (χ4v) is 1.94. The molecule has 3 N–H and O–H groups in total. The van der Waals surface area contributed by atoms with Crippen molar-refractivity contribution in [2.75, 3.05) is 45.2 Å². The van der Waals surface area contributed by atoms with Crippen molar-refractivity contribution < 1.29 is 14.3 Å². The molecule has 0 unspecified atom stereocenters. The summed E-state index contributed by atoms with van der Waals surface area (Å²) in [5.41, 5.74) is 0.571. The normalized spacial score (nSPS) is 10.3. The fourth-order valence-electron chi connectivity index (χ4n) is 1.94. The summed E-state index contributed by atoms with van der Waals surface area (Å²) >= 11 is 0. The van der Waals surface area contributed by atoms with Crippen LogP contribution >= 0.6 is 0 Å². The molecule has 0 spiro atoms. The number of likely N-dealkylation sites (N-methyl/N-ethyl adjacent to an activating group) is 2. The Balaban J connectivity index is 2.53. The molecule has 0 atom stereocenters. The second-order valence-corrected chi connectivity index (χ2v) is 4.85. The third kappa shape index (κ3) is 7.01. The number of carbonyl (C=O) groups is 2. The molecule has 0 aromatic heterocycles. The molecular formula is C16H26N4O3. The zero-order valence-electron chi connectivity index (χ0n) is 14.0. The quantitative estimate of drug-likeness (QED) is 0.639. The van der Waals surface area contributed by atoms with Crippen LogP contribution in [0.2, 0.25) is 0 Å². The standard InChI is InChI=1S/C16H26N4O3/c1-4-20(5-2)10-11-23-14-9-7-6-8-13(14)19-16(22)18-12-15(21)17-3/h6-9H,4-5,10-12H2,1-3H3,(H,17,21)(H2,18,19,22). The number of para-hydroxylation sites is 2. The van der Waals surface area contributed by atoms with E-state index in [0.717, 1.165) is 19.6 Å². The molecule has 0 bridgehead atoms. The van der Waals surface area contributed by atoms with Gasteiger partial charge in [-0.3, -0.25) is 4.79 Å². The van der Waals surface area contributed by atoms with Crippen molar-refractivity contribution in [3.05, 3.63) is 24.3 Å². The molecule has 1 rings (SSSR count). The number of nitrogens with zero attached hydrogens (tertiary/aromatic N) is 1. The first-order valence-corrected chi connectivity index (χ1v) is 7.80. The molecule has 3 amide bonds. The monoisotopic (exact) mass is 322 g/mol. The molecule has 0 aliphatic carbocycles. The van der Waals surface area contributed by atoms with E-state index in [1.54, 1.807) is 12.1 Å². The van der Waals surface area contributed by atoms with E-state index < -0.39 is 6.03 Å². The number of benzene rings is 1. The molecule has 0 radical (unpaired) electrons. The summed E-state index contributed by atoms with van der Waals surface area (Å²) in [6.07, 6.45) is 0. The van der Waals surface area contributed by atoms with Gasteiger partial charge in [0.05, 0.1) is 12.2 Å². The van der Waals surface area contributed by atoms with Crippen LogP contribution in [0, 0.1) is 0 Å². The van der Waals surface area contributed by atoms with Crippen LogP contribution in [-0.4, -0.2) is 56.7 Å². The van der Waals surface area contributed by atoms with E-state index in [1.165, 1.54) is 7.05 Å². The minimum Gasteiger partial charge on any atom is -0.490 e.